The fourth-order valence-electron chi connectivity index (χ4n) is 1.86. The summed E-state index contributed by atoms with van der Waals surface area (Å²) in [6.45, 7) is 2.54. The van der Waals surface area contributed by atoms with Crippen molar-refractivity contribution in [1.82, 2.24) is 4.98 Å². The lowest BCUT2D eigenvalue weighted by Gasteiger charge is -2.35. The van der Waals surface area contributed by atoms with Gasteiger partial charge in [-0.3, -0.25) is 4.98 Å². The van der Waals surface area contributed by atoms with Gasteiger partial charge in [0, 0.05) is 38.8 Å². The largest absolute Gasteiger partial charge is 0.381 e. The van der Waals surface area contributed by atoms with Crippen LogP contribution in [0.4, 0.5) is 0 Å². The third kappa shape index (κ3) is 2.78. The minimum absolute atomic E-state index is 0.213. The van der Waals surface area contributed by atoms with Gasteiger partial charge in [0.25, 0.3) is 0 Å². The molecule has 0 spiro atoms. The van der Waals surface area contributed by atoms with Crippen LogP contribution in [0.25, 0.3) is 0 Å². The summed E-state index contributed by atoms with van der Waals surface area (Å²) in [6.07, 6.45) is 3.52. The highest BCUT2D eigenvalue weighted by Crippen LogP contribution is 2.24. The first-order valence-corrected chi connectivity index (χ1v) is 5.66. The van der Waals surface area contributed by atoms with Gasteiger partial charge in [0.05, 0.1) is 17.9 Å². The molecule has 0 aromatic carbocycles. The molecule has 0 bridgehead atoms. The van der Waals surface area contributed by atoms with Crippen molar-refractivity contribution in [3.63, 3.8) is 0 Å². The number of pyridine rings is 1. The third-order valence-electron chi connectivity index (χ3n) is 3.03. The maximum atomic E-state index is 5.94. The summed E-state index contributed by atoms with van der Waals surface area (Å²) in [4.78, 5) is 4.23. The van der Waals surface area contributed by atoms with Gasteiger partial charge in [-0.05, 0) is 12.1 Å². The summed E-state index contributed by atoms with van der Waals surface area (Å²) in [5, 5.41) is 0. The van der Waals surface area contributed by atoms with Crippen LogP contribution in [-0.2, 0) is 16.1 Å². The Morgan fingerprint density at radius 2 is 2.19 bits per heavy atom. The van der Waals surface area contributed by atoms with Crippen molar-refractivity contribution in [3.8, 4) is 0 Å². The van der Waals surface area contributed by atoms with Crippen LogP contribution in [0, 0.1) is 0 Å². The molecule has 4 heteroatoms. The van der Waals surface area contributed by atoms with Crippen LogP contribution in [0.2, 0.25) is 0 Å². The third-order valence-corrected chi connectivity index (χ3v) is 3.03. The van der Waals surface area contributed by atoms with Gasteiger partial charge in [0.15, 0.2) is 0 Å². The molecule has 0 unspecified atom stereocenters. The molecular weight excluding hydrogens is 204 g/mol. The molecule has 1 fully saturated rings. The van der Waals surface area contributed by atoms with Crippen molar-refractivity contribution < 1.29 is 9.47 Å². The van der Waals surface area contributed by atoms with Crippen molar-refractivity contribution in [2.75, 3.05) is 19.8 Å². The summed E-state index contributed by atoms with van der Waals surface area (Å²) in [5.41, 5.74) is 6.54. The molecule has 4 nitrogen and oxygen atoms in total. The molecule has 1 aliphatic rings. The normalized spacial score (nSPS) is 19.6. The van der Waals surface area contributed by atoms with Crippen molar-refractivity contribution in [2.24, 2.45) is 5.73 Å². The average molecular weight is 222 g/mol. The highest BCUT2D eigenvalue weighted by atomic mass is 16.5. The lowest BCUT2D eigenvalue weighted by atomic mass is 9.94. The van der Waals surface area contributed by atoms with Gasteiger partial charge >= 0.3 is 0 Å². The zero-order valence-electron chi connectivity index (χ0n) is 9.39. The summed E-state index contributed by atoms with van der Waals surface area (Å²) in [5.74, 6) is 0. The van der Waals surface area contributed by atoms with Gasteiger partial charge in [-0.15, -0.1) is 0 Å². The first-order valence-electron chi connectivity index (χ1n) is 5.66. The molecular formula is C12H18N2O2. The molecule has 2 N–H and O–H groups in total. The van der Waals surface area contributed by atoms with Crippen molar-refractivity contribution >= 4 is 0 Å². The van der Waals surface area contributed by atoms with E-state index in [1.807, 2.05) is 18.2 Å². The van der Waals surface area contributed by atoms with Crippen LogP contribution in [-0.4, -0.2) is 30.3 Å². The molecule has 2 rings (SSSR count). The maximum Gasteiger partial charge on any atom is 0.0896 e. The summed E-state index contributed by atoms with van der Waals surface area (Å²) in [6, 6.07) is 5.82. The minimum Gasteiger partial charge on any atom is -0.381 e. The van der Waals surface area contributed by atoms with Gasteiger partial charge < -0.3 is 15.2 Å². The van der Waals surface area contributed by atoms with Gasteiger partial charge in [-0.2, -0.15) is 0 Å². The summed E-state index contributed by atoms with van der Waals surface area (Å²) >= 11 is 0. The molecule has 0 saturated carbocycles. The predicted molar refractivity (Wildman–Crippen MR) is 60.9 cm³/mol. The molecule has 1 aromatic heterocycles. The number of aromatic nitrogens is 1. The monoisotopic (exact) mass is 222 g/mol. The van der Waals surface area contributed by atoms with E-state index >= 15 is 0 Å². The molecule has 0 radical (unpaired) electrons. The fourth-order valence-corrected chi connectivity index (χ4v) is 1.86. The molecule has 1 saturated heterocycles. The fraction of sp³-hybridized carbons (Fsp3) is 0.583. The number of rotatable bonds is 4. The average Bonchev–Trinajstić information content (AvgIpc) is 2.39. The second-order valence-corrected chi connectivity index (χ2v) is 4.11. The number of nitrogens with zero attached hydrogens (tertiary/aromatic N) is 1. The Kier molecular flexibility index (Phi) is 3.88. The van der Waals surface area contributed by atoms with E-state index in [1.165, 1.54) is 0 Å². The van der Waals surface area contributed by atoms with Crippen LogP contribution in [0.5, 0.6) is 0 Å². The lowest BCUT2D eigenvalue weighted by Crippen LogP contribution is -2.45. The van der Waals surface area contributed by atoms with Crippen molar-refractivity contribution in [3.05, 3.63) is 30.1 Å². The van der Waals surface area contributed by atoms with E-state index in [0.717, 1.165) is 31.7 Å². The van der Waals surface area contributed by atoms with E-state index in [2.05, 4.69) is 4.98 Å². The van der Waals surface area contributed by atoms with E-state index < -0.39 is 0 Å². The Balaban J connectivity index is 1.92. The maximum absolute atomic E-state index is 5.94. The van der Waals surface area contributed by atoms with Crippen LogP contribution in [0.3, 0.4) is 0 Å². The first-order chi connectivity index (χ1) is 7.85. The Morgan fingerprint density at radius 3 is 2.81 bits per heavy atom. The lowest BCUT2D eigenvalue weighted by molar-refractivity contribution is -0.113. The highest BCUT2D eigenvalue weighted by Gasteiger charge is 2.32. The second-order valence-electron chi connectivity index (χ2n) is 4.11. The van der Waals surface area contributed by atoms with Crippen molar-refractivity contribution in [2.45, 2.75) is 25.0 Å². The van der Waals surface area contributed by atoms with Gasteiger partial charge in [-0.25, -0.2) is 0 Å². The molecule has 2 heterocycles. The first kappa shape index (κ1) is 11.5. The summed E-state index contributed by atoms with van der Waals surface area (Å²) in [7, 11) is 0. The zero-order chi connectivity index (χ0) is 11.3. The Labute approximate surface area is 95.8 Å². The van der Waals surface area contributed by atoms with Crippen LogP contribution >= 0.6 is 0 Å². The summed E-state index contributed by atoms with van der Waals surface area (Å²) < 4.78 is 11.3. The molecule has 0 atom stereocenters. The topological polar surface area (TPSA) is 57.4 Å². The number of nitrogens with two attached hydrogens (primary N) is 1. The number of hydrogen-bond donors (Lipinski definition) is 1. The minimum atomic E-state index is -0.213. The quantitative estimate of drug-likeness (QED) is 0.829. The smallest absolute Gasteiger partial charge is 0.0896 e. The van der Waals surface area contributed by atoms with E-state index in [9.17, 15) is 0 Å². The van der Waals surface area contributed by atoms with Gasteiger partial charge in [0.2, 0.25) is 0 Å². The standard InChI is InChI=1S/C12H18N2O2/c13-10-12(4-7-15-8-5-12)16-9-11-3-1-2-6-14-11/h1-3,6H,4-5,7-10,13H2. The molecule has 0 aliphatic carbocycles. The molecule has 0 amide bonds. The van der Waals surface area contributed by atoms with Gasteiger partial charge in [0.1, 0.15) is 0 Å². The van der Waals surface area contributed by atoms with Crippen LogP contribution in [0.15, 0.2) is 24.4 Å². The molecule has 16 heavy (non-hydrogen) atoms. The Bertz CT molecular complexity index is 310. The van der Waals surface area contributed by atoms with E-state index in [4.69, 9.17) is 15.2 Å². The molecule has 1 aromatic rings. The van der Waals surface area contributed by atoms with Crippen LogP contribution < -0.4 is 5.73 Å². The predicted octanol–water partition coefficient (Wildman–Crippen LogP) is 1.11. The second kappa shape index (κ2) is 5.39. The molecule has 88 valence electrons. The van der Waals surface area contributed by atoms with E-state index in [0.29, 0.717) is 13.2 Å². The highest BCUT2D eigenvalue weighted by molar-refractivity contribution is 5.02. The van der Waals surface area contributed by atoms with Crippen molar-refractivity contribution in [1.29, 1.82) is 0 Å². The van der Waals surface area contributed by atoms with E-state index in [1.54, 1.807) is 6.20 Å². The Hall–Kier alpha value is -0.970. The van der Waals surface area contributed by atoms with Crippen LogP contribution in [0.1, 0.15) is 18.5 Å². The Morgan fingerprint density at radius 1 is 1.38 bits per heavy atom. The zero-order valence-corrected chi connectivity index (χ0v) is 9.39. The number of hydrogen-bond acceptors (Lipinski definition) is 4. The molecule has 1 aliphatic heterocycles. The SMILES string of the molecule is NCC1(OCc2ccccn2)CCOCC1. The van der Waals surface area contributed by atoms with E-state index in [-0.39, 0.29) is 5.60 Å². The van der Waals surface area contributed by atoms with Gasteiger partial charge in [-0.1, -0.05) is 6.07 Å². The number of ether oxygens (including phenoxy) is 2.